The molecule has 0 heterocycles. The van der Waals surface area contributed by atoms with Crippen molar-refractivity contribution in [3.05, 3.63) is 35.9 Å². The van der Waals surface area contributed by atoms with Gasteiger partial charge in [0.25, 0.3) is 0 Å². The summed E-state index contributed by atoms with van der Waals surface area (Å²) in [6.45, 7) is 0.334. The van der Waals surface area contributed by atoms with Gasteiger partial charge in [-0.1, -0.05) is 30.3 Å². The lowest BCUT2D eigenvalue weighted by atomic mass is 10.1. The Morgan fingerprint density at radius 2 is 1.63 bits per heavy atom. The number of hydrogen-bond donors (Lipinski definition) is 6. The number of carbonyl (C=O) groups excluding carboxylic acids is 3. The van der Waals surface area contributed by atoms with Crippen molar-refractivity contribution >= 4 is 23.7 Å². The molecule has 0 aliphatic carbocycles. The molecule has 0 spiro atoms. The number of aliphatic hydroxyl groups is 1. The Hall–Kier alpha value is -2.98. The second kappa shape index (κ2) is 10.9. The van der Waals surface area contributed by atoms with Crippen LogP contribution in [-0.4, -0.2) is 65.2 Å². The Bertz CT molecular complexity index is 665. The van der Waals surface area contributed by atoms with E-state index in [1.807, 2.05) is 30.3 Å². The molecule has 10 nitrogen and oxygen atoms in total. The third-order valence-corrected chi connectivity index (χ3v) is 3.57. The van der Waals surface area contributed by atoms with Crippen molar-refractivity contribution in [3.63, 3.8) is 0 Å². The predicted octanol–water partition coefficient (Wildman–Crippen LogP) is -2.26. The van der Waals surface area contributed by atoms with Gasteiger partial charge >= 0.3 is 5.97 Å². The molecule has 0 saturated carbocycles. The van der Waals surface area contributed by atoms with Crippen LogP contribution >= 0.6 is 0 Å². The molecular weight excluding hydrogens is 356 g/mol. The number of rotatable bonds is 10. The molecule has 1 aromatic carbocycles. The van der Waals surface area contributed by atoms with E-state index in [2.05, 4.69) is 16.0 Å². The molecular formula is C17H24N4O6. The van der Waals surface area contributed by atoms with Crippen LogP contribution in [0.1, 0.15) is 12.5 Å². The van der Waals surface area contributed by atoms with Gasteiger partial charge in [-0.2, -0.15) is 0 Å². The van der Waals surface area contributed by atoms with Crippen molar-refractivity contribution in [1.29, 1.82) is 0 Å². The summed E-state index contributed by atoms with van der Waals surface area (Å²) in [4.78, 5) is 46.0. The first-order valence-corrected chi connectivity index (χ1v) is 8.25. The molecule has 0 saturated heterocycles. The second-order valence-electron chi connectivity index (χ2n) is 5.91. The molecule has 10 heteroatoms. The number of carboxylic acid groups (broad SMARTS) is 1. The average Bonchev–Trinajstić information content (AvgIpc) is 2.62. The minimum atomic E-state index is -1.48. The van der Waals surface area contributed by atoms with Gasteiger partial charge in [-0.3, -0.25) is 14.4 Å². The average molecular weight is 380 g/mol. The number of aliphatic hydroxyl groups excluding tert-OH is 1. The minimum absolute atomic E-state index is 0.312. The Morgan fingerprint density at radius 1 is 1.04 bits per heavy atom. The third-order valence-electron chi connectivity index (χ3n) is 3.57. The normalized spacial score (nSPS) is 13.7. The van der Waals surface area contributed by atoms with Gasteiger partial charge in [0, 0.05) is 0 Å². The summed E-state index contributed by atoms with van der Waals surface area (Å²) < 4.78 is 0. The lowest BCUT2D eigenvalue weighted by Gasteiger charge is -2.17. The van der Waals surface area contributed by atoms with Crippen LogP contribution in [0.4, 0.5) is 0 Å². The lowest BCUT2D eigenvalue weighted by Crippen LogP contribution is -2.51. The standard InChI is InChI=1S/C17H24N4O6/c1-10(22)15(17(26)27)21-14(24)9-19-13(23)8-20-16(25)12(18)7-11-5-3-2-4-6-11/h2-6,10,12,15,22H,7-9,18H2,1H3,(H,19,23)(H,20,25)(H,21,24)(H,26,27). The highest BCUT2D eigenvalue weighted by molar-refractivity contribution is 5.90. The molecule has 0 fully saturated rings. The zero-order valence-corrected chi connectivity index (χ0v) is 14.8. The predicted molar refractivity (Wildman–Crippen MR) is 95.4 cm³/mol. The molecule has 0 aliphatic heterocycles. The molecule has 0 aliphatic rings. The van der Waals surface area contributed by atoms with Crippen LogP contribution in [0.3, 0.4) is 0 Å². The number of nitrogens with two attached hydrogens (primary N) is 1. The van der Waals surface area contributed by atoms with Crippen molar-refractivity contribution in [3.8, 4) is 0 Å². The van der Waals surface area contributed by atoms with E-state index in [4.69, 9.17) is 10.8 Å². The van der Waals surface area contributed by atoms with Crippen LogP contribution in [0.5, 0.6) is 0 Å². The van der Waals surface area contributed by atoms with Gasteiger partial charge in [-0.15, -0.1) is 0 Å². The van der Waals surface area contributed by atoms with Gasteiger partial charge in [0.05, 0.1) is 25.2 Å². The van der Waals surface area contributed by atoms with Crippen molar-refractivity contribution in [2.75, 3.05) is 13.1 Å². The van der Waals surface area contributed by atoms with Crippen molar-refractivity contribution < 1.29 is 29.4 Å². The van der Waals surface area contributed by atoms with Crippen molar-refractivity contribution in [2.24, 2.45) is 5.73 Å². The summed E-state index contributed by atoms with van der Waals surface area (Å²) in [5.74, 6) is -3.35. The van der Waals surface area contributed by atoms with Crippen LogP contribution in [-0.2, 0) is 25.6 Å². The fourth-order valence-electron chi connectivity index (χ4n) is 2.11. The first-order valence-electron chi connectivity index (χ1n) is 8.25. The van der Waals surface area contributed by atoms with E-state index in [9.17, 15) is 24.3 Å². The summed E-state index contributed by atoms with van der Waals surface area (Å²) in [7, 11) is 0. The summed E-state index contributed by atoms with van der Waals surface area (Å²) >= 11 is 0. The maximum absolute atomic E-state index is 11.9. The molecule has 1 aromatic rings. The molecule has 3 amide bonds. The topological polar surface area (TPSA) is 171 Å². The molecule has 0 aromatic heterocycles. The van der Waals surface area contributed by atoms with Gasteiger partial charge in [0.15, 0.2) is 6.04 Å². The molecule has 0 bridgehead atoms. The Morgan fingerprint density at radius 3 is 2.19 bits per heavy atom. The molecule has 7 N–H and O–H groups in total. The number of nitrogens with one attached hydrogen (secondary N) is 3. The number of aliphatic carboxylic acids is 1. The van der Waals surface area contributed by atoms with E-state index in [1.54, 1.807) is 0 Å². The van der Waals surface area contributed by atoms with Gasteiger partial charge in [0.1, 0.15) is 0 Å². The number of amides is 3. The van der Waals surface area contributed by atoms with Crippen LogP contribution in [0.25, 0.3) is 0 Å². The second-order valence-corrected chi connectivity index (χ2v) is 5.91. The highest BCUT2D eigenvalue weighted by Crippen LogP contribution is 2.01. The largest absolute Gasteiger partial charge is 0.480 e. The Kier molecular flexibility index (Phi) is 8.90. The summed E-state index contributed by atoms with van der Waals surface area (Å²) in [5, 5.41) is 24.8. The molecule has 27 heavy (non-hydrogen) atoms. The summed E-state index contributed by atoms with van der Waals surface area (Å²) in [5.41, 5.74) is 6.66. The van der Waals surface area contributed by atoms with Crippen LogP contribution in [0.2, 0.25) is 0 Å². The fourth-order valence-corrected chi connectivity index (χ4v) is 2.11. The lowest BCUT2D eigenvalue weighted by molar-refractivity contribution is -0.144. The molecule has 148 valence electrons. The van der Waals surface area contributed by atoms with Crippen LogP contribution in [0.15, 0.2) is 30.3 Å². The van der Waals surface area contributed by atoms with Gasteiger partial charge in [-0.05, 0) is 18.9 Å². The quantitative estimate of drug-likeness (QED) is 0.266. The number of benzene rings is 1. The molecule has 1 rings (SSSR count). The summed E-state index contributed by atoms with van der Waals surface area (Å²) in [6, 6.07) is 6.84. The third kappa shape index (κ3) is 8.29. The van der Waals surface area contributed by atoms with E-state index in [0.717, 1.165) is 5.56 Å². The Labute approximate surface area is 156 Å². The highest BCUT2D eigenvalue weighted by Gasteiger charge is 2.25. The Balaban J connectivity index is 2.32. The SMILES string of the molecule is CC(O)C(NC(=O)CNC(=O)CNC(=O)C(N)Cc1ccccc1)C(=O)O. The fraction of sp³-hybridized carbons (Fsp3) is 0.412. The van der Waals surface area contributed by atoms with E-state index in [0.29, 0.717) is 6.42 Å². The zero-order chi connectivity index (χ0) is 20.4. The van der Waals surface area contributed by atoms with Gasteiger partial charge in [-0.25, -0.2) is 4.79 Å². The molecule has 3 atom stereocenters. The number of hydrogen-bond acceptors (Lipinski definition) is 6. The van der Waals surface area contributed by atoms with Crippen LogP contribution in [0, 0.1) is 0 Å². The number of carbonyl (C=O) groups is 4. The van der Waals surface area contributed by atoms with E-state index < -0.39 is 48.4 Å². The zero-order valence-electron chi connectivity index (χ0n) is 14.8. The smallest absolute Gasteiger partial charge is 0.328 e. The summed E-state index contributed by atoms with van der Waals surface area (Å²) in [6.07, 6.45) is -0.986. The van der Waals surface area contributed by atoms with E-state index >= 15 is 0 Å². The van der Waals surface area contributed by atoms with Gasteiger partial charge < -0.3 is 31.9 Å². The van der Waals surface area contributed by atoms with Crippen molar-refractivity contribution in [1.82, 2.24) is 16.0 Å². The minimum Gasteiger partial charge on any atom is -0.480 e. The maximum atomic E-state index is 11.9. The molecule has 3 unspecified atom stereocenters. The van der Waals surface area contributed by atoms with E-state index in [1.165, 1.54) is 6.92 Å². The monoisotopic (exact) mass is 380 g/mol. The first kappa shape index (κ1) is 22.1. The maximum Gasteiger partial charge on any atom is 0.328 e. The van der Waals surface area contributed by atoms with E-state index in [-0.39, 0.29) is 6.54 Å². The highest BCUT2D eigenvalue weighted by atomic mass is 16.4. The van der Waals surface area contributed by atoms with Crippen molar-refractivity contribution in [2.45, 2.75) is 31.5 Å². The molecule has 0 radical (unpaired) electrons. The first-order chi connectivity index (χ1) is 12.7. The van der Waals surface area contributed by atoms with Gasteiger partial charge in [0.2, 0.25) is 17.7 Å². The van der Waals surface area contributed by atoms with Crippen LogP contribution < -0.4 is 21.7 Å². The number of carboxylic acids is 1.